The Morgan fingerprint density at radius 1 is 1.11 bits per heavy atom. The predicted octanol–water partition coefficient (Wildman–Crippen LogP) is 3.65. The smallest absolute Gasteiger partial charge is 0.256 e. The van der Waals surface area contributed by atoms with Gasteiger partial charge in [-0.25, -0.2) is 9.97 Å². The number of halogens is 2. The zero-order valence-electron chi connectivity index (χ0n) is 10.4. The lowest BCUT2D eigenvalue weighted by Crippen LogP contribution is -2.16. The number of rotatable bonds is 2. The van der Waals surface area contributed by atoms with E-state index < -0.39 is 0 Å². The first-order chi connectivity index (χ1) is 9.00. The minimum Gasteiger partial charge on any atom is -0.317 e. The number of carbonyl (C=O) groups excluding carboxylic acids is 1. The van der Waals surface area contributed by atoms with Crippen molar-refractivity contribution in [3.05, 3.63) is 51.5 Å². The molecule has 0 aliphatic rings. The van der Waals surface area contributed by atoms with Crippen molar-refractivity contribution < 1.29 is 4.79 Å². The summed E-state index contributed by atoms with van der Waals surface area (Å²) in [4.78, 5) is 19.8. The molecule has 1 heterocycles. The van der Waals surface area contributed by atoms with E-state index in [0.29, 0.717) is 5.56 Å². The molecule has 19 heavy (non-hydrogen) atoms. The molecular weight excluding hydrogens is 285 g/mol. The number of nitrogens with one attached hydrogen (secondary N) is 1. The van der Waals surface area contributed by atoms with Gasteiger partial charge in [0, 0.05) is 5.56 Å². The predicted molar refractivity (Wildman–Crippen MR) is 75.9 cm³/mol. The maximum Gasteiger partial charge on any atom is 0.256 e. The highest BCUT2D eigenvalue weighted by Crippen LogP contribution is 2.27. The molecule has 1 N–H and O–H groups in total. The van der Waals surface area contributed by atoms with Crippen LogP contribution < -0.4 is 5.32 Å². The van der Waals surface area contributed by atoms with Crippen molar-refractivity contribution in [1.82, 2.24) is 9.97 Å². The highest BCUT2D eigenvalue weighted by atomic mass is 35.5. The highest BCUT2D eigenvalue weighted by Gasteiger charge is 2.16. The molecule has 0 radical (unpaired) electrons. The van der Waals surface area contributed by atoms with Crippen LogP contribution in [0.2, 0.25) is 10.3 Å². The van der Waals surface area contributed by atoms with Gasteiger partial charge in [-0.05, 0) is 25.0 Å². The number of hydrogen-bond donors (Lipinski definition) is 1. The zero-order valence-corrected chi connectivity index (χ0v) is 11.9. The van der Waals surface area contributed by atoms with Crippen LogP contribution in [0, 0.1) is 13.8 Å². The zero-order chi connectivity index (χ0) is 14.0. The second-order valence-corrected chi connectivity index (χ2v) is 4.77. The minimum atomic E-state index is -0.283. The number of nitrogens with zero attached hydrogens (tertiary/aromatic N) is 2. The summed E-state index contributed by atoms with van der Waals surface area (Å²) in [7, 11) is 0. The second kappa shape index (κ2) is 5.55. The van der Waals surface area contributed by atoms with Crippen molar-refractivity contribution in [2.24, 2.45) is 0 Å². The van der Waals surface area contributed by atoms with Crippen LogP contribution in [0.5, 0.6) is 0 Å². The van der Waals surface area contributed by atoms with Gasteiger partial charge in [0.15, 0.2) is 10.3 Å². The molecule has 4 nitrogen and oxygen atoms in total. The molecule has 1 amide bonds. The van der Waals surface area contributed by atoms with Crippen molar-refractivity contribution in [3.8, 4) is 0 Å². The van der Waals surface area contributed by atoms with E-state index in [1.54, 1.807) is 0 Å². The molecule has 98 valence electrons. The first-order valence-corrected chi connectivity index (χ1v) is 6.30. The summed E-state index contributed by atoms with van der Waals surface area (Å²) in [5.41, 5.74) is 2.57. The van der Waals surface area contributed by atoms with Gasteiger partial charge < -0.3 is 5.32 Å². The average Bonchev–Trinajstić information content (AvgIpc) is 2.34. The number of aryl methyl sites for hydroxylation is 2. The summed E-state index contributed by atoms with van der Waals surface area (Å²) in [6, 6.07) is 5.63. The summed E-state index contributed by atoms with van der Waals surface area (Å²) in [5.74, 6) is -0.283. The van der Waals surface area contributed by atoms with Crippen LogP contribution in [0.4, 0.5) is 5.69 Å². The van der Waals surface area contributed by atoms with E-state index in [9.17, 15) is 4.79 Å². The Morgan fingerprint density at radius 3 is 2.16 bits per heavy atom. The number of aromatic nitrogens is 2. The van der Waals surface area contributed by atoms with Gasteiger partial charge in [0.05, 0.1) is 0 Å². The maximum atomic E-state index is 12.3. The second-order valence-electron chi connectivity index (χ2n) is 4.05. The number of carbonyl (C=O) groups is 1. The van der Waals surface area contributed by atoms with Gasteiger partial charge in [0.25, 0.3) is 5.91 Å². The quantitative estimate of drug-likeness (QED) is 0.861. The SMILES string of the molecule is Cc1cccc(C)c1C(=O)Nc1c(Cl)ncnc1Cl. The number of anilines is 1. The van der Waals surface area contributed by atoms with Gasteiger partial charge in [-0.3, -0.25) is 4.79 Å². The van der Waals surface area contributed by atoms with Gasteiger partial charge in [-0.2, -0.15) is 0 Å². The van der Waals surface area contributed by atoms with Crippen molar-refractivity contribution >= 4 is 34.8 Å². The van der Waals surface area contributed by atoms with Crippen LogP contribution in [-0.4, -0.2) is 15.9 Å². The average molecular weight is 296 g/mol. The molecule has 6 heteroatoms. The molecule has 2 aromatic rings. The standard InChI is InChI=1S/C13H11Cl2N3O/c1-7-4-3-5-8(2)9(7)13(19)18-10-11(14)16-6-17-12(10)15/h3-6H,1-2H3,(H,18,19). The topological polar surface area (TPSA) is 54.9 Å². The maximum absolute atomic E-state index is 12.3. The lowest BCUT2D eigenvalue weighted by molar-refractivity contribution is 0.102. The normalized spacial score (nSPS) is 10.3. The molecule has 2 rings (SSSR count). The third-order valence-corrected chi connectivity index (χ3v) is 3.27. The van der Waals surface area contributed by atoms with Gasteiger partial charge in [-0.15, -0.1) is 0 Å². The molecule has 0 aliphatic heterocycles. The first-order valence-electron chi connectivity index (χ1n) is 5.54. The van der Waals surface area contributed by atoms with Crippen molar-refractivity contribution in [3.63, 3.8) is 0 Å². The van der Waals surface area contributed by atoms with E-state index in [0.717, 1.165) is 11.1 Å². The molecule has 0 atom stereocenters. The Hall–Kier alpha value is -1.65. The Kier molecular flexibility index (Phi) is 4.02. The fourth-order valence-corrected chi connectivity index (χ4v) is 2.21. The summed E-state index contributed by atoms with van der Waals surface area (Å²) in [6.45, 7) is 3.74. The number of benzene rings is 1. The summed E-state index contributed by atoms with van der Waals surface area (Å²) in [6.07, 6.45) is 1.24. The van der Waals surface area contributed by atoms with Gasteiger partial charge in [0.1, 0.15) is 12.0 Å². The van der Waals surface area contributed by atoms with Crippen LogP contribution in [0.3, 0.4) is 0 Å². The van der Waals surface area contributed by atoms with Crippen LogP contribution in [0.25, 0.3) is 0 Å². The molecule has 0 aliphatic carbocycles. The monoisotopic (exact) mass is 295 g/mol. The van der Waals surface area contributed by atoms with Crippen LogP contribution in [0.15, 0.2) is 24.5 Å². The Bertz CT molecular complexity index is 603. The molecule has 1 aromatic carbocycles. The number of hydrogen-bond acceptors (Lipinski definition) is 3. The van der Waals surface area contributed by atoms with Crippen LogP contribution in [0.1, 0.15) is 21.5 Å². The molecular formula is C13H11Cl2N3O. The van der Waals surface area contributed by atoms with Crippen molar-refractivity contribution in [2.45, 2.75) is 13.8 Å². The van der Waals surface area contributed by atoms with Crippen LogP contribution in [-0.2, 0) is 0 Å². The summed E-state index contributed by atoms with van der Waals surface area (Å²) >= 11 is 11.8. The summed E-state index contributed by atoms with van der Waals surface area (Å²) in [5, 5.41) is 2.87. The van der Waals surface area contributed by atoms with Crippen LogP contribution >= 0.6 is 23.2 Å². The lowest BCUT2D eigenvalue weighted by Gasteiger charge is -2.11. The van der Waals surface area contributed by atoms with E-state index in [-0.39, 0.29) is 21.9 Å². The minimum absolute atomic E-state index is 0.111. The molecule has 0 saturated carbocycles. The lowest BCUT2D eigenvalue weighted by atomic mass is 10.0. The summed E-state index contributed by atoms with van der Waals surface area (Å²) < 4.78 is 0. The Labute approximate surface area is 120 Å². The van der Waals surface area contributed by atoms with Crippen molar-refractivity contribution in [2.75, 3.05) is 5.32 Å². The van der Waals surface area contributed by atoms with E-state index in [1.807, 2.05) is 32.0 Å². The fraction of sp³-hybridized carbons (Fsp3) is 0.154. The fourth-order valence-electron chi connectivity index (χ4n) is 1.80. The highest BCUT2D eigenvalue weighted by molar-refractivity contribution is 6.38. The Morgan fingerprint density at radius 2 is 1.63 bits per heavy atom. The molecule has 0 unspecified atom stereocenters. The number of amides is 1. The van der Waals surface area contributed by atoms with E-state index in [4.69, 9.17) is 23.2 Å². The Balaban J connectivity index is 2.37. The van der Waals surface area contributed by atoms with Gasteiger partial charge >= 0.3 is 0 Å². The third-order valence-electron chi connectivity index (χ3n) is 2.70. The third kappa shape index (κ3) is 2.85. The first kappa shape index (κ1) is 13.8. The molecule has 0 fully saturated rings. The molecule has 0 bridgehead atoms. The van der Waals surface area contributed by atoms with E-state index in [2.05, 4.69) is 15.3 Å². The molecule has 0 spiro atoms. The molecule has 1 aromatic heterocycles. The van der Waals surface area contributed by atoms with Crippen molar-refractivity contribution in [1.29, 1.82) is 0 Å². The van der Waals surface area contributed by atoms with E-state index >= 15 is 0 Å². The van der Waals surface area contributed by atoms with Gasteiger partial charge in [-0.1, -0.05) is 41.4 Å². The largest absolute Gasteiger partial charge is 0.317 e. The van der Waals surface area contributed by atoms with Gasteiger partial charge in [0.2, 0.25) is 0 Å². The van der Waals surface area contributed by atoms with E-state index in [1.165, 1.54) is 6.33 Å². The molecule has 0 saturated heterocycles.